The van der Waals surface area contributed by atoms with Gasteiger partial charge in [-0.15, -0.1) is 0 Å². The molecule has 0 aliphatic heterocycles. The highest BCUT2D eigenvalue weighted by Gasteiger charge is 2.14. The van der Waals surface area contributed by atoms with E-state index in [-0.39, 0.29) is 0 Å². The smallest absolute Gasteiger partial charge is 0.423 e. The molecule has 0 heterocycles. The molecule has 0 saturated carbocycles. The van der Waals surface area contributed by atoms with Crippen LogP contribution in [0.15, 0.2) is 12.1 Å². The Balaban J connectivity index is 0.000000791. The Morgan fingerprint density at radius 1 is 1.00 bits per heavy atom. The van der Waals surface area contributed by atoms with Gasteiger partial charge in [-0.1, -0.05) is 31.5 Å². The van der Waals surface area contributed by atoms with Crippen LogP contribution >= 0.6 is 0 Å². The fraction of sp³-hybridized carbons (Fsp3) is 0.455. The summed E-state index contributed by atoms with van der Waals surface area (Å²) in [7, 11) is -1.36. The number of benzene rings is 1. The first kappa shape index (κ1) is 13.2. The Morgan fingerprint density at radius 3 is 1.93 bits per heavy atom. The van der Waals surface area contributed by atoms with Gasteiger partial charge >= 0.3 is 7.12 Å². The lowest BCUT2D eigenvalue weighted by atomic mass is 9.75. The highest BCUT2D eigenvalue weighted by molar-refractivity contribution is 6.59. The molecule has 0 amide bonds. The number of aryl methyl sites for hydroxylation is 2. The van der Waals surface area contributed by atoms with Crippen molar-refractivity contribution in [2.75, 3.05) is 0 Å². The first-order valence-corrected chi connectivity index (χ1v) is 4.96. The second-order valence-electron chi connectivity index (χ2n) is 3.17. The molecule has 0 saturated heterocycles. The Morgan fingerprint density at radius 2 is 1.50 bits per heavy atom. The van der Waals surface area contributed by atoms with E-state index in [0.717, 1.165) is 16.7 Å². The molecule has 2 N–H and O–H groups in total. The van der Waals surface area contributed by atoms with Gasteiger partial charge in [0, 0.05) is 0 Å². The molecule has 0 atom stereocenters. The Bertz CT molecular complexity index is 296. The highest BCUT2D eigenvalue weighted by atomic mass is 16.4. The van der Waals surface area contributed by atoms with Crippen LogP contribution < -0.4 is 5.46 Å². The molecule has 0 unspecified atom stereocenters. The second kappa shape index (κ2) is 5.84. The van der Waals surface area contributed by atoms with Gasteiger partial charge in [-0.3, -0.25) is 0 Å². The summed E-state index contributed by atoms with van der Waals surface area (Å²) in [5.41, 5.74) is 3.71. The van der Waals surface area contributed by atoms with E-state index in [1.165, 1.54) is 0 Å². The minimum atomic E-state index is -1.36. The van der Waals surface area contributed by atoms with Crippen LogP contribution in [0.3, 0.4) is 0 Å². The zero-order valence-corrected chi connectivity index (χ0v) is 9.63. The van der Waals surface area contributed by atoms with E-state index in [1.807, 2.05) is 40.7 Å². The molecule has 1 rings (SSSR count). The average Bonchev–Trinajstić information content (AvgIpc) is 2.14. The third-order valence-electron chi connectivity index (χ3n) is 2.13. The lowest BCUT2D eigenvalue weighted by Gasteiger charge is -2.08. The van der Waals surface area contributed by atoms with Crippen LogP contribution in [-0.4, -0.2) is 17.2 Å². The molecule has 0 aliphatic carbocycles. The molecule has 0 aliphatic rings. The second-order valence-corrected chi connectivity index (χ2v) is 3.17. The van der Waals surface area contributed by atoms with E-state index in [9.17, 15) is 0 Å². The molecular formula is C11H19BO2. The maximum atomic E-state index is 9.01. The van der Waals surface area contributed by atoms with Gasteiger partial charge in [0.05, 0.1) is 0 Å². The van der Waals surface area contributed by atoms with Gasteiger partial charge in [0.2, 0.25) is 0 Å². The van der Waals surface area contributed by atoms with Crippen LogP contribution in [0.4, 0.5) is 0 Å². The number of hydrogen-bond donors (Lipinski definition) is 2. The van der Waals surface area contributed by atoms with E-state index in [1.54, 1.807) is 6.07 Å². The van der Waals surface area contributed by atoms with Gasteiger partial charge in [-0.2, -0.15) is 0 Å². The van der Waals surface area contributed by atoms with Gasteiger partial charge in [-0.25, -0.2) is 0 Å². The van der Waals surface area contributed by atoms with Gasteiger partial charge in [0.1, 0.15) is 0 Å². The topological polar surface area (TPSA) is 40.5 Å². The van der Waals surface area contributed by atoms with Gasteiger partial charge < -0.3 is 10.0 Å². The molecule has 2 nitrogen and oxygen atoms in total. The molecule has 14 heavy (non-hydrogen) atoms. The summed E-state index contributed by atoms with van der Waals surface area (Å²) in [5.74, 6) is 0. The predicted molar refractivity (Wildman–Crippen MR) is 61.8 cm³/mol. The SMILES string of the molecule is CC.Cc1cc(C)c(C)c(B(O)O)c1. The van der Waals surface area contributed by atoms with Gasteiger partial charge in [0.25, 0.3) is 0 Å². The summed E-state index contributed by atoms with van der Waals surface area (Å²) < 4.78 is 0. The van der Waals surface area contributed by atoms with Crippen LogP contribution in [-0.2, 0) is 0 Å². The summed E-state index contributed by atoms with van der Waals surface area (Å²) in [6.07, 6.45) is 0. The zero-order valence-electron chi connectivity index (χ0n) is 9.63. The first-order valence-electron chi connectivity index (χ1n) is 4.96. The summed E-state index contributed by atoms with van der Waals surface area (Å²) in [6.45, 7) is 9.80. The lowest BCUT2D eigenvalue weighted by molar-refractivity contribution is 0.425. The third kappa shape index (κ3) is 3.16. The lowest BCUT2D eigenvalue weighted by Crippen LogP contribution is -2.32. The highest BCUT2D eigenvalue weighted by Crippen LogP contribution is 2.07. The molecule has 1 aromatic carbocycles. The van der Waals surface area contributed by atoms with E-state index in [4.69, 9.17) is 10.0 Å². The Kier molecular flexibility index (Phi) is 5.50. The molecular weight excluding hydrogens is 175 g/mol. The molecule has 0 radical (unpaired) electrons. The summed E-state index contributed by atoms with van der Waals surface area (Å²) in [4.78, 5) is 0. The number of hydrogen-bond acceptors (Lipinski definition) is 2. The minimum Gasteiger partial charge on any atom is -0.423 e. The van der Waals surface area contributed by atoms with Crippen molar-refractivity contribution in [1.82, 2.24) is 0 Å². The maximum Gasteiger partial charge on any atom is 0.488 e. The van der Waals surface area contributed by atoms with E-state index in [0.29, 0.717) is 5.46 Å². The largest absolute Gasteiger partial charge is 0.488 e. The van der Waals surface area contributed by atoms with Crippen LogP contribution in [0.5, 0.6) is 0 Å². The van der Waals surface area contributed by atoms with E-state index < -0.39 is 7.12 Å². The van der Waals surface area contributed by atoms with Crippen molar-refractivity contribution >= 4 is 12.6 Å². The molecule has 0 spiro atoms. The van der Waals surface area contributed by atoms with Crippen molar-refractivity contribution in [2.45, 2.75) is 34.6 Å². The first-order chi connectivity index (χ1) is 6.52. The Hall–Kier alpha value is -0.795. The normalized spacial score (nSPS) is 9.07. The van der Waals surface area contributed by atoms with Crippen molar-refractivity contribution in [3.63, 3.8) is 0 Å². The summed E-state index contributed by atoms with van der Waals surface area (Å²) >= 11 is 0. The maximum absolute atomic E-state index is 9.01. The Labute approximate surface area is 86.7 Å². The van der Waals surface area contributed by atoms with Crippen LogP contribution in [0.2, 0.25) is 0 Å². The minimum absolute atomic E-state index is 0.604. The fourth-order valence-corrected chi connectivity index (χ4v) is 1.34. The molecule has 0 aromatic heterocycles. The predicted octanol–water partition coefficient (Wildman–Crippen LogP) is 1.32. The quantitative estimate of drug-likeness (QED) is 0.662. The standard InChI is InChI=1S/C9H13BO2.C2H6/c1-6-4-7(2)8(3)9(5-6)10(11)12;1-2/h4-5,11-12H,1-3H3;1-2H3. The molecule has 0 bridgehead atoms. The zero-order chi connectivity index (χ0) is 11.3. The van der Waals surface area contributed by atoms with Crippen molar-refractivity contribution in [1.29, 1.82) is 0 Å². The van der Waals surface area contributed by atoms with Crippen LogP contribution in [0.25, 0.3) is 0 Å². The van der Waals surface area contributed by atoms with Gasteiger partial charge in [0.15, 0.2) is 0 Å². The summed E-state index contributed by atoms with van der Waals surface area (Å²) in [6, 6.07) is 3.83. The van der Waals surface area contributed by atoms with Gasteiger partial charge in [-0.05, 0) is 37.4 Å². The molecule has 78 valence electrons. The fourth-order valence-electron chi connectivity index (χ4n) is 1.34. The van der Waals surface area contributed by atoms with Crippen molar-refractivity contribution in [3.8, 4) is 0 Å². The van der Waals surface area contributed by atoms with Crippen molar-refractivity contribution < 1.29 is 10.0 Å². The van der Waals surface area contributed by atoms with Crippen molar-refractivity contribution in [3.05, 3.63) is 28.8 Å². The monoisotopic (exact) mass is 194 g/mol. The molecule has 3 heteroatoms. The van der Waals surface area contributed by atoms with Crippen LogP contribution in [0, 0.1) is 20.8 Å². The van der Waals surface area contributed by atoms with Crippen molar-refractivity contribution in [2.24, 2.45) is 0 Å². The molecule has 1 aromatic rings. The molecule has 0 fully saturated rings. The average molecular weight is 194 g/mol. The van der Waals surface area contributed by atoms with Crippen LogP contribution in [0.1, 0.15) is 30.5 Å². The summed E-state index contributed by atoms with van der Waals surface area (Å²) in [5, 5.41) is 18.0. The van der Waals surface area contributed by atoms with E-state index >= 15 is 0 Å². The third-order valence-corrected chi connectivity index (χ3v) is 2.13. The van der Waals surface area contributed by atoms with E-state index in [2.05, 4.69) is 0 Å². The number of rotatable bonds is 1.